The van der Waals surface area contributed by atoms with Crippen LogP contribution in [-0.4, -0.2) is 103 Å². The van der Waals surface area contributed by atoms with Crippen LogP contribution in [0.4, 0.5) is 5.13 Å². The Kier molecular flexibility index (Phi) is 9.12. The fourth-order valence-corrected chi connectivity index (χ4v) is 5.36. The van der Waals surface area contributed by atoms with Crippen LogP contribution in [-0.2, 0) is 42.6 Å². The predicted molar refractivity (Wildman–Crippen MR) is 150 cm³/mol. The molecule has 2 aliphatic rings. The van der Waals surface area contributed by atoms with Crippen molar-refractivity contribution in [1.29, 1.82) is 0 Å². The summed E-state index contributed by atoms with van der Waals surface area (Å²) in [7, 11) is -5.03. The van der Waals surface area contributed by atoms with Crippen molar-refractivity contribution < 1.29 is 37.3 Å². The molecule has 22 heteroatoms. The van der Waals surface area contributed by atoms with Gasteiger partial charge in [-0.2, -0.15) is 23.4 Å². The van der Waals surface area contributed by atoms with Gasteiger partial charge in [0.25, 0.3) is 11.8 Å². The van der Waals surface area contributed by atoms with E-state index in [1.165, 1.54) is 5.38 Å². The molecular formula is C21H30N12O8S2. The number of guanidine groups is 1. The highest BCUT2D eigenvalue weighted by Gasteiger charge is 2.56. The number of aliphatic carboxylic acids is 1. The molecule has 234 valence electrons. The molecule has 1 saturated carbocycles. The number of rotatable bonds is 14. The number of carboxylic acids is 1. The minimum absolute atomic E-state index is 0.0352. The van der Waals surface area contributed by atoms with E-state index in [-0.39, 0.29) is 47.0 Å². The molecule has 20 nitrogen and oxygen atoms in total. The fraction of sp³-hybridized carbons (Fsp3) is 0.524. The fourth-order valence-electron chi connectivity index (χ4n) is 3.94. The molecule has 1 aliphatic carbocycles. The maximum absolute atomic E-state index is 13.3. The van der Waals surface area contributed by atoms with Gasteiger partial charge < -0.3 is 37.8 Å². The normalized spacial score (nSPS) is 20.0. The maximum atomic E-state index is 13.3. The van der Waals surface area contributed by atoms with E-state index < -0.39 is 51.5 Å². The van der Waals surface area contributed by atoms with Crippen LogP contribution in [0.2, 0.25) is 0 Å². The number of carbonyl (C=O) groups excluding carboxylic acids is 2. The maximum Gasteiger partial charge on any atom is 0.362 e. The van der Waals surface area contributed by atoms with Crippen LogP contribution < -0.4 is 27.8 Å². The number of carboxylic acid groups (broad SMARTS) is 1. The summed E-state index contributed by atoms with van der Waals surface area (Å²) in [6.07, 6.45) is 1.01. The molecule has 2 aromatic heterocycles. The topological polar surface area (TPSA) is 309 Å². The van der Waals surface area contributed by atoms with Gasteiger partial charge in [0.2, 0.25) is 5.60 Å². The molecule has 2 atom stereocenters. The number of aliphatic imine (C=N–C) groups is 1. The van der Waals surface area contributed by atoms with Crippen molar-refractivity contribution in [2.24, 2.45) is 21.6 Å². The highest BCUT2D eigenvalue weighted by atomic mass is 32.2. The Morgan fingerprint density at radius 2 is 2.05 bits per heavy atom. The molecule has 1 saturated heterocycles. The van der Waals surface area contributed by atoms with Crippen molar-refractivity contribution in [2.45, 2.75) is 57.0 Å². The number of nitrogen functional groups attached to an aromatic ring is 1. The number of hydrogen-bond donors (Lipinski definition) is 7. The van der Waals surface area contributed by atoms with Crippen molar-refractivity contribution in [3.63, 3.8) is 0 Å². The van der Waals surface area contributed by atoms with Crippen molar-refractivity contribution >= 4 is 56.2 Å². The van der Waals surface area contributed by atoms with E-state index in [4.69, 9.17) is 22.0 Å². The molecule has 43 heavy (non-hydrogen) atoms. The third-order valence-corrected chi connectivity index (χ3v) is 8.07. The first kappa shape index (κ1) is 31.5. The number of oxime groups is 1. The number of carbonyl (C=O) groups is 3. The minimum Gasteiger partial charge on any atom is -0.478 e. The number of nitrogens with zero attached hydrogens (tertiary/aromatic N) is 7. The molecule has 0 bridgehead atoms. The summed E-state index contributed by atoms with van der Waals surface area (Å²) in [4.78, 5) is 51.9. The Morgan fingerprint density at radius 3 is 2.63 bits per heavy atom. The van der Waals surface area contributed by atoms with Gasteiger partial charge in [0.05, 0.1) is 18.8 Å². The number of nitrogens with one attached hydrogen (secondary N) is 2. The van der Waals surface area contributed by atoms with Crippen LogP contribution in [0.15, 0.2) is 15.5 Å². The number of amides is 2. The average Bonchev–Trinajstić information content (AvgIpc) is 3.48. The van der Waals surface area contributed by atoms with Crippen molar-refractivity contribution in [3.05, 3.63) is 22.5 Å². The summed E-state index contributed by atoms with van der Waals surface area (Å²) in [5.41, 5.74) is 15.6. The largest absolute Gasteiger partial charge is 0.478 e. The van der Waals surface area contributed by atoms with Gasteiger partial charge in [0.1, 0.15) is 23.5 Å². The lowest BCUT2D eigenvalue weighted by Crippen LogP contribution is -2.73. The van der Waals surface area contributed by atoms with E-state index in [1.54, 1.807) is 6.92 Å². The molecule has 2 fully saturated rings. The lowest BCUT2D eigenvalue weighted by molar-refractivity contribution is -0.153. The molecule has 0 spiro atoms. The lowest BCUT2D eigenvalue weighted by atomic mass is 9.98. The second kappa shape index (κ2) is 12.4. The molecule has 2 amide bonds. The van der Waals surface area contributed by atoms with E-state index in [9.17, 15) is 32.5 Å². The molecule has 2 aromatic rings. The smallest absolute Gasteiger partial charge is 0.362 e. The van der Waals surface area contributed by atoms with E-state index in [0.717, 1.165) is 16.1 Å². The van der Waals surface area contributed by atoms with Gasteiger partial charge in [0.15, 0.2) is 16.8 Å². The van der Waals surface area contributed by atoms with Crippen molar-refractivity contribution in [2.75, 3.05) is 18.8 Å². The summed E-state index contributed by atoms with van der Waals surface area (Å²) in [6.45, 7) is 2.31. The quantitative estimate of drug-likeness (QED) is 0.0268. The Labute approximate surface area is 248 Å². The molecule has 0 unspecified atom stereocenters. The number of β-lactam (4-membered cyclic amide) rings is 1. The Bertz CT molecular complexity index is 1560. The highest BCUT2D eigenvalue weighted by Crippen LogP contribution is 2.40. The SMILES string of the molecule is Cc1nn(C[C@@H]2[C@H](NC(=O)/C(=N/OC3(C(=O)O)CC3)c3csc(N)n3)C(=O)N2S(=O)(=O)O)nc1CN=C(N)NCCCN. The van der Waals surface area contributed by atoms with Crippen LogP contribution >= 0.6 is 11.3 Å². The number of thiazole rings is 1. The van der Waals surface area contributed by atoms with Crippen LogP contribution in [0.1, 0.15) is 36.3 Å². The molecular weight excluding hydrogens is 612 g/mol. The van der Waals surface area contributed by atoms with Crippen LogP contribution in [0, 0.1) is 6.92 Å². The molecule has 0 aromatic carbocycles. The number of aromatic nitrogens is 4. The second-order valence-corrected chi connectivity index (χ2v) is 11.8. The number of hydrogen-bond acceptors (Lipinski definition) is 14. The summed E-state index contributed by atoms with van der Waals surface area (Å²) < 4.78 is 33.8. The summed E-state index contributed by atoms with van der Waals surface area (Å²) in [5, 5.41) is 28.2. The number of aryl methyl sites for hydroxylation is 1. The zero-order valence-electron chi connectivity index (χ0n) is 22.7. The third-order valence-electron chi connectivity index (χ3n) is 6.45. The van der Waals surface area contributed by atoms with Gasteiger partial charge in [0, 0.05) is 24.8 Å². The Hall–Kier alpha value is -4.41. The lowest BCUT2D eigenvalue weighted by Gasteiger charge is -2.43. The molecule has 1 aliphatic heterocycles. The molecule has 4 rings (SSSR count). The van der Waals surface area contributed by atoms with Gasteiger partial charge in [-0.3, -0.25) is 14.1 Å². The summed E-state index contributed by atoms with van der Waals surface area (Å²) >= 11 is 0.965. The molecule has 10 N–H and O–H groups in total. The van der Waals surface area contributed by atoms with E-state index >= 15 is 0 Å². The van der Waals surface area contributed by atoms with Gasteiger partial charge >= 0.3 is 16.3 Å². The van der Waals surface area contributed by atoms with Gasteiger partial charge in [-0.15, -0.1) is 11.3 Å². The van der Waals surface area contributed by atoms with Crippen LogP contribution in [0.25, 0.3) is 0 Å². The average molecular weight is 643 g/mol. The Balaban J connectivity index is 1.53. The Morgan fingerprint density at radius 1 is 1.33 bits per heavy atom. The van der Waals surface area contributed by atoms with Crippen molar-refractivity contribution in [1.82, 2.24) is 34.9 Å². The van der Waals surface area contributed by atoms with E-state index in [1.807, 2.05) is 0 Å². The molecule has 0 radical (unpaired) electrons. The van der Waals surface area contributed by atoms with Gasteiger partial charge in [-0.05, 0) is 19.9 Å². The highest BCUT2D eigenvalue weighted by molar-refractivity contribution is 7.84. The predicted octanol–water partition coefficient (Wildman–Crippen LogP) is -3.09. The zero-order valence-corrected chi connectivity index (χ0v) is 24.3. The van der Waals surface area contributed by atoms with Gasteiger partial charge in [-0.1, -0.05) is 5.16 Å². The first-order valence-corrected chi connectivity index (χ1v) is 15.0. The third kappa shape index (κ3) is 7.15. The summed E-state index contributed by atoms with van der Waals surface area (Å²) in [5.74, 6) is -3.30. The molecule has 3 heterocycles. The van der Waals surface area contributed by atoms with E-state index in [2.05, 4.69) is 36.0 Å². The van der Waals surface area contributed by atoms with Crippen LogP contribution in [0.5, 0.6) is 0 Å². The van der Waals surface area contributed by atoms with Crippen LogP contribution in [0.3, 0.4) is 0 Å². The first-order chi connectivity index (χ1) is 20.3. The second-order valence-electron chi connectivity index (χ2n) is 9.59. The van der Waals surface area contributed by atoms with E-state index in [0.29, 0.717) is 30.9 Å². The zero-order chi connectivity index (χ0) is 31.5. The monoisotopic (exact) mass is 642 g/mol. The summed E-state index contributed by atoms with van der Waals surface area (Å²) in [6, 6.07) is -2.84. The first-order valence-electron chi connectivity index (χ1n) is 12.7. The standard InChI is InChI=1S/C21H30N12O8S2/c1-10-11(7-26-19(23)25-6-2-5-22)30-32(29-10)8-13-15(17(35)33(13)43(38,39)40)28-16(34)14(12-9-42-20(24)27-12)31-41-21(3-4-21)18(36)37/h9,13,15H,2-8,22H2,1H3,(H2,24,27)(H,28,34)(H,36,37)(H3,23,25,26)(H,38,39,40)/b31-14+/t13-,15+/m1/s1. The number of nitrogens with two attached hydrogens (primary N) is 3. The minimum atomic E-state index is -5.03. The van der Waals surface area contributed by atoms with Gasteiger partial charge in [-0.25, -0.2) is 19.1 Å². The number of anilines is 1. The van der Waals surface area contributed by atoms with Crippen molar-refractivity contribution in [3.8, 4) is 0 Å².